The summed E-state index contributed by atoms with van der Waals surface area (Å²) in [6, 6.07) is 0. The van der Waals surface area contributed by atoms with Crippen LogP contribution in [0.4, 0.5) is 0 Å². The molecule has 0 saturated carbocycles. The second-order valence-corrected chi connectivity index (χ2v) is 6.83. The van der Waals surface area contributed by atoms with Crippen LogP contribution in [-0.4, -0.2) is 49.2 Å². The third kappa shape index (κ3) is 4.29. The Bertz CT molecular complexity index is 482. The van der Waals surface area contributed by atoms with Gasteiger partial charge in [-0.2, -0.15) is 9.40 Å². The highest BCUT2D eigenvalue weighted by Crippen LogP contribution is 2.16. The van der Waals surface area contributed by atoms with E-state index in [1.807, 2.05) is 27.8 Å². The van der Waals surface area contributed by atoms with Crippen molar-refractivity contribution in [3.8, 4) is 0 Å². The molecule has 1 heterocycles. The minimum atomic E-state index is -3.42. The summed E-state index contributed by atoms with van der Waals surface area (Å²) in [6.07, 6.45) is 3.02. The van der Waals surface area contributed by atoms with E-state index < -0.39 is 10.0 Å². The summed E-state index contributed by atoms with van der Waals surface area (Å²) in [4.78, 5) is 0.270. The predicted octanol–water partition coefficient (Wildman–Crippen LogP) is 0.769. The summed E-state index contributed by atoms with van der Waals surface area (Å²) in [5, 5.41) is 7.09. The Hall–Kier alpha value is -0.920. The number of hydrogen-bond acceptors (Lipinski definition) is 4. The van der Waals surface area contributed by atoms with Crippen molar-refractivity contribution in [3.05, 3.63) is 12.4 Å². The van der Waals surface area contributed by atoms with Crippen LogP contribution in [0, 0.1) is 5.92 Å². The molecule has 0 aliphatic carbocycles. The molecule has 0 aromatic carbocycles. The maximum atomic E-state index is 12.4. The molecule has 0 radical (unpaired) electrons. The van der Waals surface area contributed by atoms with Crippen LogP contribution in [-0.2, 0) is 16.6 Å². The molecule has 1 rings (SSSR count). The van der Waals surface area contributed by atoms with Gasteiger partial charge in [-0.15, -0.1) is 0 Å². The van der Waals surface area contributed by atoms with E-state index in [4.69, 9.17) is 0 Å². The molecule has 0 unspecified atom stereocenters. The summed E-state index contributed by atoms with van der Waals surface area (Å²) < 4.78 is 28.0. The number of nitrogens with one attached hydrogen (secondary N) is 1. The third-order valence-corrected chi connectivity index (χ3v) is 4.65. The minimum Gasteiger partial charge on any atom is -0.318 e. The fourth-order valence-corrected chi connectivity index (χ4v) is 3.35. The monoisotopic (exact) mass is 288 g/mol. The molecule has 19 heavy (non-hydrogen) atoms. The van der Waals surface area contributed by atoms with Gasteiger partial charge in [0.2, 0.25) is 10.0 Å². The Balaban J connectivity index is 2.89. The second-order valence-electron chi connectivity index (χ2n) is 4.89. The van der Waals surface area contributed by atoms with Crippen LogP contribution in [0.2, 0.25) is 0 Å². The molecular weight excluding hydrogens is 264 g/mol. The normalized spacial score (nSPS) is 12.5. The number of hydrogen-bond donors (Lipinski definition) is 1. The predicted molar refractivity (Wildman–Crippen MR) is 75.4 cm³/mol. The second kappa shape index (κ2) is 7.02. The molecule has 0 fully saturated rings. The van der Waals surface area contributed by atoms with E-state index in [-0.39, 0.29) is 4.90 Å². The Kier molecular flexibility index (Phi) is 5.96. The molecule has 0 atom stereocenters. The van der Waals surface area contributed by atoms with E-state index in [0.717, 1.165) is 6.54 Å². The van der Waals surface area contributed by atoms with E-state index in [2.05, 4.69) is 10.4 Å². The van der Waals surface area contributed by atoms with E-state index in [9.17, 15) is 8.42 Å². The molecule has 6 nitrogen and oxygen atoms in total. The van der Waals surface area contributed by atoms with Gasteiger partial charge in [0.15, 0.2) is 0 Å². The lowest BCUT2D eigenvalue weighted by Crippen LogP contribution is -2.33. The number of rotatable bonds is 8. The fourth-order valence-electron chi connectivity index (χ4n) is 1.78. The van der Waals surface area contributed by atoms with Crippen molar-refractivity contribution < 1.29 is 8.42 Å². The van der Waals surface area contributed by atoms with Crippen LogP contribution in [0.3, 0.4) is 0 Å². The molecule has 1 aromatic heterocycles. The Morgan fingerprint density at radius 1 is 1.47 bits per heavy atom. The van der Waals surface area contributed by atoms with Crippen LogP contribution in [0.1, 0.15) is 20.8 Å². The van der Waals surface area contributed by atoms with Crippen LogP contribution < -0.4 is 5.32 Å². The van der Waals surface area contributed by atoms with Crippen molar-refractivity contribution in [2.75, 3.05) is 26.7 Å². The van der Waals surface area contributed by atoms with Gasteiger partial charge >= 0.3 is 0 Å². The smallest absolute Gasteiger partial charge is 0.246 e. The fraction of sp³-hybridized carbons (Fsp3) is 0.750. The summed E-state index contributed by atoms with van der Waals surface area (Å²) >= 11 is 0. The lowest BCUT2D eigenvalue weighted by atomic mass is 10.2. The van der Waals surface area contributed by atoms with Crippen LogP contribution in [0.5, 0.6) is 0 Å². The van der Waals surface area contributed by atoms with Gasteiger partial charge in [0.25, 0.3) is 0 Å². The molecule has 0 spiro atoms. The van der Waals surface area contributed by atoms with Crippen LogP contribution >= 0.6 is 0 Å². The van der Waals surface area contributed by atoms with Gasteiger partial charge in [0, 0.05) is 25.8 Å². The van der Waals surface area contributed by atoms with E-state index >= 15 is 0 Å². The summed E-state index contributed by atoms with van der Waals surface area (Å²) in [6.45, 7) is 8.28. The average Bonchev–Trinajstić information content (AvgIpc) is 2.82. The zero-order valence-corrected chi connectivity index (χ0v) is 12.9. The van der Waals surface area contributed by atoms with Crippen molar-refractivity contribution in [2.24, 2.45) is 5.92 Å². The average molecular weight is 288 g/mol. The summed E-state index contributed by atoms with van der Waals surface area (Å²) in [5.74, 6) is 0.300. The highest BCUT2D eigenvalue weighted by molar-refractivity contribution is 7.89. The first-order valence-corrected chi connectivity index (χ1v) is 8.03. The molecule has 1 N–H and O–H groups in total. The standard InChI is InChI=1S/C12H24N4O2S/c1-5-16(9-11(2)3)19(17,18)12-8-14-15(10-12)7-6-13-4/h8,10-11,13H,5-7,9H2,1-4H3. The number of aromatic nitrogens is 2. The van der Waals surface area contributed by atoms with Gasteiger partial charge < -0.3 is 5.32 Å². The van der Waals surface area contributed by atoms with Crippen molar-refractivity contribution in [3.63, 3.8) is 0 Å². The quantitative estimate of drug-likeness (QED) is 0.767. The van der Waals surface area contributed by atoms with Gasteiger partial charge in [-0.1, -0.05) is 20.8 Å². The molecule has 0 bridgehead atoms. The largest absolute Gasteiger partial charge is 0.318 e. The van der Waals surface area contributed by atoms with E-state index in [0.29, 0.717) is 25.6 Å². The van der Waals surface area contributed by atoms with Crippen molar-refractivity contribution in [1.29, 1.82) is 0 Å². The third-order valence-electron chi connectivity index (χ3n) is 2.76. The molecule has 0 amide bonds. The van der Waals surface area contributed by atoms with Gasteiger partial charge in [-0.05, 0) is 13.0 Å². The first-order chi connectivity index (χ1) is 8.91. The lowest BCUT2D eigenvalue weighted by molar-refractivity contribution is 0.381. The van der Waals surface area contributed by atoms with Gasteiger partial charge in [0.1, 0.15) is 4.90 Å². The topological polar surface area (TPSA) is 67.2 Å². The SMILES string of the molecule is CCN(CC(C)C)S(=O)(=O)c1cnn(CCNC)c1. The van der Waals surface area contributed by atoms with Crippen molar-refractivity contribution in [1.82, 2.24) is 19.4 Å². The lowest BCUT2D eigenvalue weighted by Gasteiger charge is -2.21. The molecule has 110 valence electrons. The molecule has 0 aliphatic heterocycles. The van der Waals surface area contributed by atoms with Crippen LogP contribution in [0.15, 0.2) is 17.3 Å². The molecular formula is C12H24N4O2S. The maximum Gasteiger partial charge on any atom is 0.246 e. The van der Waals surface area contributed by atoms with Gasteiger partial charge in [-0.3, -0.25) is 4.68 Å². The summed E-state index contributed by atoms with van der Waals surface area (Å²) in [7, 11) is -1.57. The maximum absolute atomic E-state index is 12.4. The van der Waals surface area contributed by atoms with E-state index in [1.165, 1.54) is 10.5 Å². The van der Waals surface area contributed by atoms with Crippen molar-refractivity contribution in [2.45, 2.75) is 32.2 Å². The van der Waals surface area contributed by atoms with Crippen LogP contribution in [0.25, 0.3) is 0 Å². The van der Waals surface area contributed by atoms with E-state index in [1.54, 1.807) is 10.9 Å². The Labute approximate surface area is 115 Å². The first kappa shape index (κ1) is 16.1. The zero-order valence-electron chi connectivity index (χ0n) is 12.1. The molecule has 0 saturated heterocycles. The first-order valence-electron chi connectivity index (χ1n) is 6.59. The summed E-state index contributed by atoms with van der Waals surface area (Å²) in [5.41, 5.74) is 0. The zero-order chi connectivity index (χ0) is 14.5. The number of nitrogens with zero attached hydrogens (tertiary/aromatic N) is 3. The molecule has 7 heteroatoms. The highest BCUT2D eigenvalue weighted by atomic mass is 32.2. The van der Waals surface area contributed by atoms with Gasteiger partial charge in [-0.25, -0.2) is 8.42 Å². The highest BCUT2D eigenvalue weighted by Gasteiger charge is 2.25. The number of likely N-dealkylation sites (N-methyl/N-ethyl adjacent to an activating group) is 1. The Morgan fingerprint density at radius 3 is 2.68 bits per heavy atom. The minimum absolute atomic E-state index is 0.270. The number of sulfonamides is 1. The van der Waals surface area contributed by atoms with Crippen molar-refractivity contribution >= 4 is 10.0 Å². The Morgan fingerprint density at radius 2 is 2.16 bits per heavy atom. The van der Waals surface area contributed by atoms with Gasteiger partial charge in [0.05, 0.1) is 12.7 Å². The molecule has 0 aliphatic rings. The molecule has 1 aromatic rings.